The number of carbonyl (C=O) groups excluding carboxylic acids is 1. The zero-order valence-corrected chi connectivity index (χ0v) is 13.8. The van der Waals surface area contributed by atoms with Crippen molar-refractivity contribution in [2.45, 2.75) is 31.7 Å². The molecule has 122 valence electrons. The standard InChI is InChI=1S/C19H17ClN2O2/c20-15-7-5-13(6-8-15)18-10-9-17(24-18)11-14(12-21)19(23)22-16-3-1-2-4-16/h5-11,16H,1-4H2,(H,22,23)/b14-11-. The number of benzene rings is 1. The minimum atomic E-state index is -0.339. The molecule has 5 heteroatoms. The van der Waals surface area contributed by atoms with Crippen LogP contribution in [0, 0.1) is 11.3 Å². The monoisotopic (exact) mass is 340 g/mol. The first-order valence-electron chi connectivity index (χ1n) is 7.94. The predicted molar refractivity (Wildman–Crippen MR) is 93.1 cm³/mol. The first kappa shape index (κ1) is 16.4. The molecular weight excluding hydrogens is 324 g/mol. The van der Waals surface area contributed by atoms with Crippen LogP contribution < -0.4 is 5.32 Å². The van der Waals surface area contributed by atoms with E-state index in [-0.39, 0.29) is 17.5 Å². The summed E-state index contributed by atoms with van der Waals surface area (Å²) in [5.74, 6) is 0.790. The van der Waals surface area contributed by atoms with Gasteiger partial charge in [0.1, 0.15) is 23.2 Å². The van der Waals surface area contributed by atoms with E-state index in [0.717, 1.165) is 31.2 Å². The molecule has 1 aliphatic carbocycles. The van der Waals surface area contributed by atoms with Crippen LogP contribution in [0.4, 0.5) is 0 Å². The third-order valence-electron chi connectivity index (χ3n) is 4.10. The zero-order valence-electron chi connectivity index (χ0n) is 13.1. The van der Waals surface area contributed by atoms with E-state index in [1.54, 1.807) is 24.3 Å². The van der Waals surface area contributed by atoms with Crippen LogP contribution >= 0.6 is 11.6 Å². The van der Waals surface area contributed by atoms with Crippen LogP contribution in [0.25, 0.3) is 17.4 Å². The Hall–Kier alpha value is -2.51. The minimum Gasteiger partial charge on any atom is -0.457 e. The fraction of sp³-hybridized carbons (Fsp3) is 0.263. The van der Waals surface area contributed by atoms with Gasteiger partial charge in [-0.1, -0.05) is 24.4 Å². The Bertz CT molecular complexity index is 794. The van der Waals surface area contributed by atoms with Crippen molar-refractivity contribution in [3.05, 3.63) is 52.8 Å². The molecule has 0 unspecified atom stereocenters. The summed E-state index contributed by atoms with van der Waals surface area (Å²) < 4.78 is 5.71. The average molecular weight is 341 g/mol. The van der Waals surface area contributed by atoms with Gasteiger partial charge in [0.25, 0.3) is 5.91 Å². The van der Waals surface area contributed by atoms with E-state index in [4.69, 9.17) is 16.0 Å². The molecule has 24 heavy (non-hydrogen) atoms. The normalized spacial score (nSPS) is 15.2. The summed E-state index contributed by atoms with van der Waals surface area (Å²) >= 11 is 5.88. The van der Waals surface area contributed by atoms with Crippen molar-refractivity contribution in [1.29, 1.82) is 5.26 Å². The van der Waals surface area contributed by atoms with E-state index >= 15 is 0 Å². The molecule has 4 nitrogen and oxygen atoms in total. The van der Waals surface area contributed by atoms with Crippen LogP contribution in [-0.2, 0) is 4.79 Å². The number of furan rings is 1. The lowest BCUT2D eigenvalue weighted by molar-refractivity contribution is -0.117. The smallest absolute Gasteiger partial charge is 0.262 e. The van der Waals surface area contributed by atoms with Crippen LogP contribution in [-0.4, -0.2) is 11.9 Å². The fourth-order valence-electron chi connectivity index (χ4n) is 2.82. The molecule has 3 rings (SSSR count). The molecule has 2 aromatic rings. The Morgan fingerprint density at radius 3 is 2.58 bits per heavy atom. The highest BCUT2D eigenvalue weighted by Crippen LogP contribution is 2.25. The Balaban J connectivity index is 1.75. The van der Waals surface area contributed by atoms with Gasteiger partial charge in [-0.25, -0.2) is 0 Å². The largest absolute Gasteiger partial charge is 0.457 e. The fourth-order valence-corrected chi connectivity index (χ4v) is 2.95. The number of nitriles is 1. The van der Waals surface area contributed by atoms with Gasteiger partial charge in [0.2, 0.25) is 0 Å². The van der Waals surface area contributed by atoms with Gasteiger partial charge in [0.15, 0.2) is 0 Å². The molecule has 1 aromatic carbocycles. The lowest BCUT2D eigenvalue weighted by Gasteiger charge is -2.10. The summed E-state index contributed by atoms with van der Waals surface area (Å²) in [6.07, 6.45) is 5.68. The highest BCUT2D eigenvalue weighted by Gasteiger charge is 2.19. The maximum absolute atomic E-state index is 12.2. The zero-order chi connectivity index (χ0) is 16.9. The number of nitrogens with one attached hydrogen (secondary N) is 1. The molecule has 1 heterocycles. The molecular formula is C19H17ClN2O2. The quantitative estimate of drug-likeness (QED) is 0.655. The third-order valence-corrected chi connectivity index (χ3v) is 4.35. The van der Waals surface area contributed by atoms with E-state index in [1.165, 1.54) is 6.08 Å². The van der Waals surface area contributed by atoms with Gasteiger partial charge in [-0.15, -0.1) is 0 Å². The molecule has 0 atom stereocenters. The summed E-state index contributed by atoms with van der Waals surface area (Å²) in [5, 5.41) is 12.8. The molecule has 1 N–H and O–H groups in total. The number of hydrogen-bond acceptors (Lipinski definition) is 3. The summed E-state index contributed by atoms with van der Waals surface area (Å²) in [6.45, 7) is 0. The summed E-state index contributed by atoms with van der Waals surface area (Å²) in [7, 11) is 0. The van der Waals surface area contributed by atoms with E-state index in [9.17, 15) is 10.1 Å². The van der Waals surface area contributed by atoms with Crippen molar-refractivity contribution >= 4 is 23.6 Å². The van der Waals surface area contributed by atoms with Crippen molar-refractivity contribution in [2.24, 2.45) is 0 Å². The van der Waals surface area contributed by atoms with Crippen molar-refractivity contribution < 1.29 is 9.21 Å². The molecule has 1 saturated carbocycles. The van der Waals surface area contributed by atoms with Gasteiger partial charge in [-0.3, -0.25) is 4.79 Å². The molecule has 1 aromatic heterocycles. The molecule has 0 radical (unpaired) electrons. The van der Waals surface area contributed by atoms with Gasteiger partial charge in [0.05, 0.1) is 0 Å². The van der Waals surface area contributed by atoms with Gasteiger partial charge < -0.3 is 9.73 Å². The average Bonchev–Trinajstić information content (AvgIpc) is 3.25. The topological polar surface area (TPSA) is 66.0 Å². The van der Waals surface area contributed by atoms with Crippen LogP contribution in [0.3, 0.4) is 0 Å². The van der Waals surface area contributed by atoms with Crippen molar-refractivity contribution in [2.75, 3.05) is 0 Å². The number of amides is 1. The highest BCUT2D eigenvalue weighted by molar-refractivity contribution is 6.30. The van der Waals surface area contributed by atoms with E-state index < -0.39 is 0 Å². The Morgan fingerprint density at radius 2 is 1.92 bits per heavy atom. The number of carbonyl (C=O) groups is 1. The lowest BCUT2D eigenvalue weighted by Crippen LogP contribution is -2.33. The predicted octanol–water partition coefficient (Wildman–Crippen LogP) is 4.57. The van der Waals surface area contributed by atoms with E-state index in [2.05, 4.69) is 5.32 Å². The molecule has 0 aliphatic heterocycles. The van der Waals surface area contributed by atoms with Gasteiger partial charge in [-0.2, -0.15) is 5.26 Å². The van der Waals surface area contributed by atoms with Gasteiger partial charge in [-0.05, 0) is 49.2 Å². The Labute approximate surface area is 145 Å². The van der Waals surface area contributed by atoms with Crippen LogP contribution in [0.2, 0.25) is 5.02 Å². The summed E-state index contributed by atoms with van der Waals surface area (Å²) in [5.41, 5.74) is 0.937. The Morgan fingerprint density at radius 1 is 1.21 bits per heavy atom. The van der Waals surface area contributed by atoms with Crippen LogP contribution in [0.15, 0.2) is 46.4 Å². The SMILES string of the molecule is N#C/C(=C/c1ccc(-c2ccc(Cl)cc2)o1)C(=O)NC1CCCC1. The molecule has 1 amide bonds. The van der Waals surface area contributed by atoms with Gasteiger partial charge >= 0.3 is 0 Å². The van der Waals surface area contributed by atoms with E-state index in [0.29, 0.717) is 16.5 Å². The second-order valence-electron chi connectivity index (χ2n) is 5.83. The lowest BCUT2D eigenvalue weighted by atomic mass is 10.2. The van der Waals surface area contributed by atoms with Crippen LogP contribution in [0.1, 0.15) is 31.4 Å². The number of rotatable bonds is 4. The van der Waals surface area contributed by atoms with Crippen molar-refractivity contribution in [1.82, 2.24) is 5.32 Å². The molecule has 0 bridgehead atoms. The van der Waals surface area contributed by atoms with Crippen molar-refractivity contribution in [3.8, 4) is 17.4 Å². The molecule has 1 fully saturated rings. The van der Waals surface area contributed by atoms with Crippen molar-refractivity contribution in [3.63, 3.8) is 0 Å². The Kier molecular flexibility index (Phi) is 5.02. The van der Waals surface area contributed by atoms with E-state index in [1.807, 2.05) is 18.2 Å². The maximum atomic E-state index is 12.2. The summed E-state index contributed by atoms with van der Waals surface area (Å²) in [6, 6.07) is 12.9. The highest BCUT2D eigenvalue weighted by atomic mass is 35.5. The second kappa shape index (κ2) is 7.37. The first-order valence-corrected chi connectivity index (χ1v) is 8.32. The number of hydrogen-bond donors (Lipinski definition) is 1. The first-order chi connectivity index (χ1) is 11.7. The summed E-state index contributed by atoms with van der Waals surface area (Å²) in [4.78, 5) is 12.2. The third kappa shape index (κ3) is 3.87. The maximum Gasteiger partial charge on any atom is 0.262 e. The number of halogens is 1. The molecule has 0 spiro atoms. The van der Waals surface area contributed by atoms with Crippen LogP contribution in [0.5, 0.6) is 0 Å². The molecule has 1 aliphatic rings. The second-order valence-corrected chi connectivity index (χ2v) is 6.27. The number of nitrogens with zero attached hydrogens (tertiary/aromatic N) is 1. The minimum absolute atomic E-state index is 0.0545. The van der Waals surface area contributed by atoms with Gasteiger partial charge in [0, 0.05) is 22.7 Å². The molecule has 0 saturated heterocycles.